The molecule has 0 aliphatic heterocycles. The largest absolute Gasteiger partial charge is 0.419 e. The molecule has 0 N–H and O–H groups in total. The lowest BCUT2D eigenvalue weighted by atomic mass is 10.1. The summed E-state index contributed by atoms with van der Waals surface area (Å²) in [5, 5.41) is 0.367. The van der Waals surface area contributed by atoms with Gasteiger partial charge in [0.1, 0.15) is 5.82 Å². The van der Waals surface area contributed by atoms with Crippen molar-refractivity contribution in [3.8, 4) is 11.8 Å². The van der Waals surface area contributed by atoms with Crippen LogP contribution in [0, 0.1) is 17.7 Å². The zero-order chi connectivity index (χ0) is 14.8. The van der Waals surface area contributed by atoms with E-state index in [0.29, 0.717) is 16.7 Å². The Bertz CT molecular complexity index is 698. The molecule has 6 heteroatoms. The first kappa shape index (κ1) is 14.4. The minimum absolute atomic E-state index is 0.0544. The smallest absolute Gasteiger partial charge is 0.262 e. The molecule has 0 aliphatic rings. The minimum Gasteiger partial charge on any atom is -0.262 e. The number of alkyl halides is 3. The van der Waals surface area contributed by atoms with Gasteiger partial charge in [0.15, 0.2) is 0 Å². The number of hydrogen-bond acceptors (Lipinski definition) is 1. The summed E-state index contributed by atoms with van der Waals surface area (Å²) < 4.78 is 50.7. The highest BCUT2D eigenvalue weighted by Gasteiger charge is 2.34. The van der Waals surface area contributed by atoms with Gasteiger partial charge in [-0.05, 0) is 24.3 Å². The van der Waals surface area contributed by atoms with Crippen molar-refractivity contribution in [1.82, 2.24) is 4.98 Å². The quantitative estimate of drug-likeness (QED) is 0.522. The Hall–Kier alpha value is -2.06. The van der Waals surface area contributed by atoms with Gasteiger partial charge in [-0.1, -0.05) is 23.4 Å². The molecule has 0 amide bonds. The number of hydrogen-bond donors (Lipinski definition) is 0. The fourth-order valence-electron chi connectivity index (χ4n) is 1.44. The number of aromatic nitrogens is 1. The van der Waals surface area contributed by atoms with Gasteiger partial charge in [0.25, 0.3) is 0 Å². The fraction of sp³-hybridized carbons (Fsp3) is 0.0714. The van der Waals surface area contributed by atoms with Crippen molar-refractivity contribution >= 4 is 11.6 Å². The summed E-state index contributed by atoms with van der Waals surface area (Å²) in [6.07, 6.45) is -1.92. The first-order valence-corrected chi connectivity index (χ1v) is 5.73. The maximum absolute atomic E-state index is 13.1. The summed E-state index contributed by atoms with van der Waals surface area (Å²) in [6.45, 7) is 0. The average molecular weight is 300 g/mol. The van der Waals surface area contributed by atoms with E-state index in [-0.39, 0.29) is 5.56 Å². The average Bonchev–Trinajstić information content (AvgIpc) is 2.36. The van der Waals surface area contributed by atoms with Crippen LogP contribution in [0.15, 0.2) is 36.7 Å². The van der Waals surface area contributed by atoms with Crippen LogP contribution >= 0.6 is 11.6 Å². The second-order valence-corrected chi connectivity index (χ2v) is 4.27. The normalized spacial score (nSPS) is 10.8. The first-order chi connectivity index (χ1) is 9.36. The summed E-state index contributed by atoms with van der Waals surface area (Å²) >= 11 is 5.70. The number of rotatable bonds is 0. The van der Waals surface area contributed by atoms with E-state index < -0.39 is 17.6 Å². The second kappa shape index (κ2) is 5.51. The highest BCUT2D eigenvalue weighted by atomic mass is 35.5. The van der Waals surface area contributed by atoms with Crippen molar-refractivity contribution in [1.29, 1.82) is 0 Å². The van der Waals surface area contributed by atoms with Crippen molar-refractivity contribution in [3.05, 3.63) is 64.2 Å². The topological polar surface area (TPSA) is 12.9 Å². The van der Waals surface area contributed by atoms with Crippen molar-refractivity contribution in [2.75, 3.05) is 0 Å². The monoisotopic (exact) mass is 299 g/mol. The maximum atomic E-state index is 13.1. The molecule has 0 unspecified atom stereocenters. The van der Waals surface area contributed by atoms with Crippen LogP contribution < -0.4 is 0 Å². The Morgan fingerprint density at radius 3 is 2.35 bits per heavy atom. The molecule has 0 spiro atoms. The van der Waals surface area contributed by atoms with Crippen molar-refractivity contribution in [2.24, 2.45) is 0 Å². The van der Waals surface area contributed by atoms with E-state index in [1.807, 2.05) is 0 Å². The molecule has 1 aromatic carbocycles. The lowest BCUT2D eigenvalue weighted by Gasteiger charge is -2.07. The van der Waals surface area contributed by atoms with Crippen LogP contribution in [0.3, 0.4) is 0 Å². The Kier molecular flexibility index (Phi) is 3.96. The highest BCUT2D eigenvalue weighted by molar-refractivity contribution is 6.30. The molecule has 1 aromatic heterocycles. The standard InChI is InChI=1S/C14H6ClF4N/c15-11-5-10(7-20-8-11)2-1-9-3-4-13(16)12(6-9)14(17,18)19/h3-8H. The second-order valence-electron chi connectivity index (χ2n) is 3.83. The molecule has 0 fully saturated rings. The number of benzene rings is 1. The van der Waals surface area contributed by atoms with Crippen molar-refractivity contribution < 1.29 is 17.6 Å². The van der Waals surface area contributed by atoms with Crippen LogP contribution in [0.25, 0.3) is 0 Å². The Balaban J connectivity index is 2.37. The van der Waals surface area contributed by atoms with Gasteiger partial charge >= 0.3 is 6.18 Å². The van der Waals surface area contributed by atoms with Gasteiger partial charge in [-0.3, -0.25) is 4.98 Å². The molecule has 20 heavy (non-hydrogen) atoms. The van der Waals surface area contributed by atoms with Crippen LogP contribution in [-0.2, 0) is 6.18 Å². The summed E-state index contributed by atoms with van der Waals surface area (Å²) in [5.74, 6) is 3.80. The van der Waals surface area contributed by atoms with Gasteiger partial charge in [0, 0.05) is 23.5 Å². The van der Waals surface area contributed by atoms with Crippen molar-refractivity contribution in [3.63, 3.8) is 0 Å². The zero-order valence-corrected chi connectivity index (χ0v) is 10.6. The number of halogens is 5. The minimum atomic E-state index is -4.75. The highest BCUT2D eigenvalue weighted by Crippen LogP contribution is 2.31. The molecule has 0 atom stereocenters. The molecule has 2 rings (SSSR count). The molecule has 1 nitrogen and oxygen atoms in total. The predicted molar refractivity (Wildman–Crippen MR) is 66.6 cm³/mol. The summed E-state index contributed by atoms with van der Waals surface area (Å²) in [4.78, 5) is 3.79. The van der Waals surface area contributed by atoms with Crippen LogP contribution in [0.2, 0.25) is 5.02 Å². The lowest BCUT2D eigenvalue weighted by molar-refractivity contribution is -0.140. The molecule has 0 radical (unpaired) electrons. The van der Waals surface area contributed by atoms with Crippen LogP contribution in [0.4, 0.5) is 17.6 Å². The molecule has 0 bridgehead atoms. The lowest BCUT2D eigenvalue weighted by Crippen LogP contribution is -2.08. The number of nitrogens with zero attached hydrogens (tertiary/aromatic N) is 1. The molecule has 102 valence electrons. The Labute approximate surface area is 117 Å². The third-order valence-corrected chi connectivity index (χ3v) is 2.53. The predicted octanol–water partition coefficient (Wildman–Crippen LogP) is 4.29. The van der Waals surface area contributed by atoms with Gasteiger partial charge in [0.2, 0.25) is 0 Å². The Morgan fingerprint density at radius 2 is 1.70 bits per heavy atom. The first-order valence-electron chi connectivity index (χ1n) is 5.35. The molecule has 2 aromatic rings. The van der Waals surface area contributed by atoms with Gasteiger partial charge in [-0.25, -0.2) is 4.39 Å². The molecule has 0 saturated heterocycles. The molecular weight excluding hydrogens is 294 g/mol. The molecule has 0 aliphatic carbocycles. The maximum Gasteiger partial charge on any atom is 0.419 e. The third-order valence-electron chi connectivity index (χ3n) is 2.33. The molecular formula is C14H6ClF4N. The van der Waals surface area contributed by atoms with Gasteiger partial charge in [-0.2, -0.15) is 13.2 Å². The number of pyridine rings is 1. The van der Waals surface area contributed by atoms with E-state index in [9.17, 15) is 17.6 Å². The van der Waals surface area contributed by atoms with E-state index in [1.54, 1.807) is 0 Å². The Morgan fingerprint density at radius 1 is 1.00 bits per heavy atom. The SMILES string of the molecule is Fc1ccc(C#Cc2cncc(Cl)c2)cc1C(F)(F)F. The van der Waals surface area contributed by atoms with Crippen LogP contribution in [0.1, 0.15) is 16.7 Å². The molecule has 0 saturated carbocycles. The summed E-state index contributed by atoms with van der Waals surface area (Å²) in [6, 6.07) is 4.11. The third kappa shape index (κ3) is 3.49. The van der Waals surface area contributed by atoms with Gasteiger partial charge in [0.05, 0.1) is 10.6 Å². The summed E-state index contributed by atoms with van der Waals surface area (Å²) in [7, 11) is 0. The summed E-state index contributed by atoms with van der Waals surface area (Å²) in [5.41, 5.74) is -0.831. The van der Waals surface area contributed by atoms with Crippen molar-refractivity contribution in [2.45, 2.75) is 6.18 Å². The van der Waals surface area contributed by atoms with E-state index in [0.717, 1.165) is 6.07 Å². The van der Waals surface area contributed by atoms with Gasteiger partial charge in [-0.15, -0.1) is 0 Å². The van der Waals surface area contributed by atoms with Gasteiger partial charge < -0.3 is 0 Å². The van der Waals surface area contributed by atoms with E-state index in [2.05, 4.69) is 16.8 Å². The van der Waals surface area contributed by atoms with Crippen LogP contribution in [-0.4, -0.2) is 4.98 Å². The van der Waals surface area contributed by atoms with E-state index in [4.69, 9.17) is 11.6 Å². The van der Waals surface area contributed by atoms with E-state index in [1.165, 1.54) is 24.5 Å². The molecule has 1 heterocycles. The zero-order valence-electron chi connectivity index (χ0n) is 9.80. The van der Waals surface area contributed by atoms with E-state index >= 15 is 0 Å². The van der Waals surface area contributed by atoms with Crippen LogP contribution in [0.5, 0.6) is 0 Å². The fourth-order valence-corrected chi connectivity index (χ4v) is 1.62.